The van der Waals surface area contributed by atoms with E-state index in [1.54, 1.807) is 37.3 Å². The second kappa shape index (κ2) is 12.3. The topological polar surface area (TPSA) is 105 Å². The lowest BCUT2D eigenvalue weighted by molar-refractivity contribution is 0.0460. The normalized spacial score (nSPS) is 29.1. The lowest BCUT2D eigenvalue weighted by Crippen LogP contribution is -2.49. The molecule has 41 heavy (non-hydrogen) atoms. The van der Waals surface area contributed by atoms with Gasteiger partial charge in [0, 0.05) is 30.8 Å². The zero-order chi connectivity index (χ0) is 29.2. The van der Waals surface area contributed by atoms with E-state index in [0.29, 0.717) is 23.9 Å². The smallest absolute Gasteiger partial charge is 0.264 e. The van der Waals surface area contributed by atoms with Gasteiger partial charge >= 0.3 is 0 Å². The highest BCUT2D eigenvalue weighted by Gasteiger charge is 2.41. The fourth-order valence-corrected chi connectivity index (χ4v) is 7.48. The average molecular weight is 603 g/mol. The van der Waals surface area contributed by atoms with Crippen LogP contribution in [0.4, 0.5) is 5.69 Å². The molecule has 1 aliphatic carbocycles. The Labute approximate surface area is 247 Å². The summed E-state index contributed by atoms with van der Waals surface area (Å²) in [5.41, 5.74) is 3.21. The van der Waals surface area contributed by atoms with E-state index in [1.165, 1.54) is 7.11 Å². The van der Waals surface area contributed by atoms with Crippen LogP contribution in [0.25, 0.3) is 0 Å². The van der Waals surface area contributed by atoms with Gasteiger partial charge in [0.15, 0.2) is 0 Å². The molecule has 8 nitrogen and oxygen atoms in total. The molecule has 0 aromatic heterocycles. The van der Waals surface area contributed by atoms with Crippen LogP contribution in [0.3, 0.4) is 0 Å². The quantitative estimate of drug-likeness (QED) is 0.472. The van der Waals surface area contributed by atoms with Crippen molar-refractivity contribution in [2.75, 3.05) is 31.7 Å². The van der Waals surface area contributed by atoms with Gasteiger partial charge < -0.3 is 19.5 Å². The highest BCUT2D eigenvalue weighted by atomic mass is 35.5. The summed E-state index contributed by atoms with van der Waals surface area (Å²) >= 11 is 6.29. The molecule has 0 unspecified atom stereocenters. The van der Waals surface area contributed by atoms with Crippen molar-refractivity contribution in [1.29, 1.82) is 0 Å². The van der Waals surface area contributed by atoms with Gasteiger partial charge in [0.05, 0.1) is 18.4 Å². The number of nitrogens with zero attached hydrogens (tertiary/aromatic N) is 1. The van der Waals surface area contributed by atoms with E-state index >= 15 is 0 Å². The van der Waals surface area contributed by atoms with Crippen LogP contribution in [-0.4, -0.2) is 57.1 Å². The third-order valence-corrected chi connectivity index (χ3v) is 11.1. The van der Waals surface area contributed by atoms with Gasteiger partial charge in [0.1, 0.15) is 17.1 Å². The highest BCUT2D eigenvalue weighted by molar-refractivity contribution is 7.91. The second-order valence-electron chi connectivity index (χ2n) is 11.7. The molecular formula is C31H39ClN2O6S. The minimum atomic E-state index is -4.14. The number of allylic oxidation sites excluding steroid dienone is 1. The number of carbonyl (C=O) groups is 1. The molecule has 1 amide bonds. The fraction of sp³-hybridized carbons (Fsp3) is 0.516. The number of carbonyl (C=O) groups excluding carboxylic acids is 1. The van der Waals surface area contributed by atoms with Gasteiger partial charge in [0.25, 0.3) is 5.91 Å². The maximum atomic E-state index is 13.5. The summed E-state index contributed by atoms with van der Waals surface area (Å²) in [7, 11) is -2.71. The minimum Gasteiger partial charge on any atom is -0.487 e. The van der Waals surface area contributed by atoms with Crippen LogP contribution in [-0.2, 0) is 27.8 Å². The van der Waals surface area contributed by atoms with Crippen molar-refractivity contribution >= 4 is 33.2 Å². The summed E-state index contributed by atoms with van der Waals surface area (Å²) in [4.78, 5) is 15.6. The number of nitrogens with one attached hydrogen (secondary N) is 1. The number of hydrogen-bond donors (Lipinski definition) is 2. The Morgan fingerprint density at radius 2 is 2.00 bits per heavy atom. The fourth-order valence-electron chi connectivity index (χ4n) is 6.09. The molecule has 10 heteroatoms. The van der Waals surface area contributed by atoms with Gasteiger partial charge in [-0.2, -0.15) is 0 Å². The van der Waals surface area contributed by atoms with Crippen molar-refractivity contribution in [2.24, 2.45) is 11.8 Å². The van der Waals surface area contributed by atoms with Crippen molar-refractivity contribution in [2.45, 2.75) is 62.9 Å². The van der Waals surface area contributed by atoms with E-state index in [9.17, 15) is 18.3 Å². The largest absolute Gasteiger partial charge is 0.487 e. The monoisotopic (exact) mass is 602 g/mol. The number of halogens is 1. The standard InChI is InChI=1S/C31H39ClN2O6S/c1-31(20-39-2)14-5-7-28(35)26-12-9-23(26)18-34-15-4-3-6-21-16-25(32)11-8-24(21)19-40-29-13-10-22(17-27(29)34)30(36)33-41(31,37)38/h5,7-8,10-11,13,16-17,23,26,28,35H,3-4,6,9,12,14-15,18-20H2,1-2H3,(H,33,36)/b7-5+/t23-,26+,28-,31+/m0/s1. The van der Waals surface area contributed by atoms with E-state index in [4.69, 9.17) is 21.1 Å². The summed E-state index contributed by atoms with van der Waals surface area (Å²) in [6.07, 6.45) is 7.43. The maximum absolute atomic E-state index is 13.5. The van der Waals surface area contributed by atoms with Gasteiger partial charge in [0.2, 0.25) is 10.0 Å². The Kier molecular flexibility index (Phi) is 8.99. The molecule has 3 aliphatic rings. The first kappa shape index (κ1) is 29.9. The van der Waals surface area contributed by atoms with Gasteiger partial charge in [-0.05, 0) is 98.7 Å². The molecule has 0 saturated heterocycles. The molecule has 2 aromatic rings. The third kappa shape index (κ3) is 6.43. The Balaban J connectivity index is 1.56. The first-order valence-electron chi connectivity index (χ1n) is 14.3. The Morgan fingerprint density at radius 1 is 1.17 bits per heavy atom. The van der Waals surface area contributed by atoms with E-state index in [1.807, 2.05) is 18.2 Å². The van der Waals surface area contributed by atoms with Crippen LogP contribution in [0.2, 0.25) is 5.02 Å². The zero-order valence-electron chi connectivity index (χ0n) is 23.6. The first-order valence-corrected chi connectivity index (χ1v) is 16.2. The summed E-state index contributed by atoms with van der Waals surface area (Å²) in [5, 5.41) is 11.8. The summed E-state index contributed by atoms with van der Waals surface area (Å²) in [6.45, 7) is 3.22. The molecule has 2 bridgehead atoms. The highest BCUT2D eigenvalue weighted by Crippen LogP contribution is 2.41. The maximum Gasteiger partial charge on any atom is 0.264 e. The lowest BCUT2D eigenvalue weighted by atomic mass is 9.70. The van der Waals surface area contributed by atoms with E-state index < -0.39 is 26.8 Å². The van der Waals surface area contributed by atoms with Gasteiger partial charge in [-0.15, -0.1) is 0 Å². The molecule has 0 radical (unpaired) electrons. The number of sulfonamides is 1. The van der Waals surface area contributed by atoms with E-state index in [2.05, 4.69) is 9.62 Å². The van der Waals surface area contributed by atoms with Crippen LogP contribution in [0.5, 0.6) is 5.75 Å². The molecule has 1 fully saturated rings. The molecule has 2 N–H and O–H groups in total. The Bertz CT molecular complexity index is 1410. The predicted octanol–water partition coefficient (Wildman–Crippen LogP) is 4.87. The van der Waals surface area contributed by atoms with Gasteiger partial charge in [-0.25, -0.2) is 13.1 Å². The summed E-state index contributed by atoms with van der Waals surface area (Å²) in [6, 6.07) is 10.9. The number of aliphatic hydroxyl groups excluding tert-OH is 1. The van der Waals surface area contributed by atoms with Crippen LogP contribution in [0, 0.1) is 11.8 Å². The molecule has 1 saturated carbocycles. The number of rotatable bonds is 2. The Morgan fingerprint density at radius 3 is 2.76 bits per heavy atom. The van der Waals surface area contributed by atoms with E-state index in [-0.39, 0.29) is 30.4 Å². The van der Waals surface area contributed by atoms with Crippen molar-refractivity contribution < 1.29 is 27.8 Å². The average Bonchev–Trinajstić information content (AvgIpc) is 2.93. The molecule has 2 aliphatic heterocycles. The number of amides is 1. The molecule has 0 spiro atoms. The predicted molar refractivity (Wildman–Crippen MR) is 160 cm³/mol. The summed E-state index contributed by atoms with van der Waals surface area (Å²) in [5.74, 6) is 0.237. The number of anilines is 1. The first-order chi connectivity index (χ1) is 19.6. The van der Waals surface area contributed by atoms with Crippen LogP contribution in [0.15, 0.2) is 48.6 Å². The number of ether oxygens (including phenoxy) is 2. The number of aliphatic hydroxyl groups is 1. The number of aryl methyl sites for hydroxylation is 1. The molecule has 2 heterocycles. The number of hydrogen-bond acceptors (Lipinski definition) is 7. The van der Waals surface area contributed by atoms with Crippen LogP contribution < -0.4 is 14.4 Å². The molecule has 4 atom stereocenters. The molecule has 222 valence electrons. The Hall–Kier alpha value is -2.59. The molecule has 5 rings (SSSR count). The SMILES string of the molecule is COC[C@@]1(C)C/C=C/[C@H](O)[C@@H]2CC[C@H]2CN2CCCCc3cc(Cl)ccc3COc3ccc(cc32)C(=O)NS1(=O)=O. The number of benzene rings is 2. The van der Waals surface area contributed by atoms with Crippen molar-refractivity contribution in [3.8, 4) is 5.75 Å². The van der Waals surface area contributed by atoms with Crippen molar-refractivity contribution in [1.82, 2.24) is 4.72 Å². The van der Waals surface area contributed by atoms with Crippen LogP contribution in [0.1, 0.15) is 60.5 Å². The lowest BCUT2D eigenvalue weighted by Gasteiger charge is -2.42. The van der Waals surface area contributed by atoms with Crippen molar-refractivity contribution in [3.05, 3.63) is 70.3 Å². The minimum absolute atomic E-state index is 0.0681. The number of methoxy groups -OCH3 is 1. The van der Waals surface area contributed by atoms with Crippen molar-refractivity contribution in [3.63, 3.8) is 0 Å². The third-order valence-electron chi connectivity index (χ3n) is 8.82. The summed E-state index contributed by atoms with van der Waals surface area (Å²) < 4.78 is 39.4. The zero-order valence-corrected chi connectivity index (χ0v) is 25.2. The van der Waals surface area contributed by atoms with E-state index in [0.717, 1.165) is 55.5 Å². The van der Waals surface area contributed by atoms with Gasteiger partial charge in [-0.3, -0.25) is 4.79 Å². The van der Waals surface area contributed by atoms with Crippen LogP contribution >= 0.6 is 11.6 Å². The molecular weight excluding hydrogens is 564 g/mol. The number of fused-ring (bicyclic) bond motifs is 3. The second-order valence-corrected chi connectivity index (χ2v) is 14.4. The van der Waals surface area contributed by atoms with Gasteiger partial charge in [-0.1, -0.05) is 29.8 Å². The molecule has 2 aromatic carbocycles.